The summed E-state index contributed by atoms with van der Waals surface area (Å²) in [6.07, 6.45) is 3.52. The van der Waals surface area contributed by atoms with Crippen molar-refractivity contribution in [2.45, 2.75) is 17.5 Å². The standard InChI is InChI=1S/C13H16N2O3S2/c1-19-12-10(3-2-4-14-12)13(18)15-5-6-20-8-9(15)7-11(16)17/h2-4,9H,5-8H2,1H3,(H,16,17). The van der Waals surface area contributed by atoms with Crippen LogP contribution in [0.15, 0.2) is 23.4 Å². The van der Waals surface area contributed by atoms with Crippen LogP contribution >= 0.6 is 23.5 Å². The Hall–Kier alpha value is -1.21. The van der Waals surface area contributed by atoms with Gasteiger partial charge in [-0.1, -0.05) is 0 Å². The second-order valence-corrected chi connectivity index (χ2v) is 6.33. The van der Waals surface area contributed by atoms with E-state index in [1.165, 1.54) is 11.8 Å². The SMILES string of the molecule is CSc1ncccc1C(=O)N1CCSCC1CC(=O)O. The van der Waals surface area contributed by atoms with Gasteiger partial charge in [0.15, 0.2) is 0 Å². The summed E-state index contributed by atoms with van der Waals surface area (Å²) in [5, 5.41) is 9.66. The van der Waals surface area contributed by atoms with Crippen LogP contribution in [0.3, 0.4) is 0 Å². The Bertz CT molecular complexity index is 510. The molecule has 1 aliphatic heterocycles. The lowest BCUT2D eigenvalue weighted by atomic mass is 10.1. The molecule has 1 aliphatic rings. The molecule has 1 atom stereocenters. The Morgan fingerprint density at radius 1 is 1.60 bits per heavy atom. The number of carboxylic acid groups (broad SMARTS) is 1. The van der Waals surface area contributed by atoms with E-state index in [4.69, 9.17) is 5.11 Å². The van der Waals surface area contributed by atoms with Gasteiger partial charge in [-0.25, -0.2) is 4.98 Å². The summed E-state index contributed by atoms with van der Waals surface area (Å²) in [7, 11) is 0. The molecule has 5 nitrogen and oxygen atoms in total. The molecule has 1 amide bonds. The van der Waals surface area contributed by atoms with E-state index >= 15 is 0 Å². The highest BCUT2D eigenvalue weighted by molar-refractivity contribution is 7.99. The number of amides is 1. The van der Waals surface area contributed by atoms with Crippen LogP contribution in [0.4, 0.5) is 0 Å². The van der Waals surface area contributed by atoms with Crippen molar-refractivity contribution < 1.29 is 14.7 Å². The number of thioether (sulfide) groups is 2. The fourth-order valence-corrected chi connectivity index (χ4v) is 3.77. The Kier molecular flexibility index (Phi) is 5.31. The van der Waals surface area contributed by atoms with Crippen molar-refractivity contribution in [2.24, 2.45) is 0 Å². The van der Waals surface area contributed by atoms with Crippen molar-refractivity contribution in [2.75, 3.05) is 24.3 Å². The fraction of sp³-hybridized carbons (Fsp3) is 0.462. The molecule has 2 rings (SSSR count). The zero-order valence-corrected chi connectivity index (χ0v) is 12.7. The van der Waals surface area contributed by atoms with Gasteiger partial charge in [0.2, 0.25) is 0 Å². The Morgan fingerprint density at radius 3 is 3.10 bits per heavy atom. The van der Waals surface area contributed by atoms with E-state index in [9.17, 15) is 9.59 Å². The first-order valence-corrected chi connectivity index (χ1v) is 8.61. The summed E-state index contributed by atoms with van der Waals surface area (Å²) in [5.74, 6) is 0.532. The molecule has 0 spiro atoms. The topological polar surface area (TPSA) is 70.5 Å². The molecule has 1 unspecified atom stereocenters. The highest BCUT2D eigenvalue weighted by Crippen LogP contribution is 2.24. The van der Waals surface area contributed by atoms with Gasteiger partial charge < -0.3 is 10.0 Å². The lowest BCUT2D eigenvalue weighted by Crippen LogP contribution is -2.47. The second-order valence-electron chi connectivity index (χ2n) is 4.39. The van der Waals surface area contributed by atoms with E-state index < -0.39 is 5.97 Å². The summed E-state index contributed by atoms with van der Waals surface area (Å²) in [6.45, 7) is 0.587. The molecule has 108 valence electrons. The fourth-order valence-electron chi connectivity index (χ4n) is 2.16. The van der Waals surface area contributed by atoms with Crippen molar-refractivity contribution in [1.82, 2.24) is 9.88 Å². The van der Waals surface area contributed by atoms with Gasteiger partial charge in [0.1, 0.15) is 5.03 Å². The van der Waals surface area contributed by atoms with Gasteiger partial charge in [0.05, 0.1) is 18.0 Å². The van der Waals surface area contributed by atoms with E-state index in [0.717, 1.165) is 5.75 Å². The monoisotopic (exact) mass is 312 g/mol. The molecular formula is C13H16N2O3S2. The smallest absolute Gasteiger partial charge is 0.305 e. The number of rotatable bonds is 4. The first-order valence-electron chi connectivity index (χ1n) is 6.23. The molecule has 1 fully saturated rings. The molecule has 7 heteroatoms. The van der Waals surface area contributed by atoms with Gasteiger partial charge in [0, 0.05) is 24.2 Å². The minimum Gasteiger partial charge on any atom is -0.481 e. The maximum absolute atomic E-state index is 12.6. The van der Waals surface area contributed by atoms with Crippen molar-refractivity contribution in [3.8, 4) is 0 Å². The van der Waals surface area contributed by atoms with Crippen LogP contribution in [0.1, 0.15) is 16.8 Å². The molecule has 0 aliphatic carbocycles. The van der Waals surface area contributed by atoms with E-state index in [1.807, 2.05) is 6.26 Å². The van der Waals surface area contributed by atoms with Crippen LogP contribution in [-0.2, 0) is 4.79 Å². The van der Waals surface area contributed by atoms with E-state index in [-0.39, 0.29) is 18.4 Å². The third-order valence-corrected chi connectivity index (χ3v) is 4.90. The molecule has 1 saturated heterocycles. The molecular weight excluding hydrogens is 296 g/mol. The molecule has 1 aromatic heterocycles. The molecule has 1 aromatic rings. The Labute approximate surface area is 126 Å². The van der Waals surface area contributed by atoms with Gasteiger partial charge >= 0.3 is 5.97 Å². The number of carboxylic acids is 1. The first-order chi connectivity index (χ1) is 9.63. The van der Waals surface area contributed by atoms with Crippen LogP contribution in [0.5, 0.6) is 0 Å². The third kappa shape index (κ3) is 3.46. The van der Waals surface area contributed by atoms with Crippen LogP contribution in [0.2, 0.25) is 0 Å². The zero-order chi connectivity index (χ0) is 14.5. The number of hydrogen-bond acceptors (Lipinski definition) is 5. The summed E-state index contributed by atoms with van der Waals surface area (Å²) < 4.78 is 0. The van der Waals surface area contributed by atoms with E-state index in [0.29, 0.717) is 22.9 Å². The minimum absolute atomic E-state index is 0.00635. The predicted octanol–water partition coefficient (Wildman–Crippen LogP) is 1.84. The van der Waals surface area contributed by atoms with Gasteiger partial charge in [-0.15, -0.1) is 11.8 Å². The summed E-state index contributed by atoms with van der Waals surface area (Å²) in [6, 6.07) is 3.24. The van der Waals surface area contributed by atoms with E-state index in [1.54, 1.807) is 35.0 Å². The number of hydrogen-bond donors (Lipinski definition) is 1. The van der Waals surface area contributed by atoms with Crippen LogP contribution in [0.25, 0.3) is 0 Å². The van der Waals surface area contributed by atoms with Crippen LogP contribution in [0, 0.1) is 0 Å². The minimum atomic E-state index is -0.869. The van der Waals surface area contributed by atoms with Crippen LogP contribution < -0.4 is 0 Å². The predicted molar refractivity (Wildman–Crippen MR) is 80.4 cm³/mol. The molecule has 2 heterocycles. The molecule has 0 aromatic carbocycles. The number of pyridine rings is 1. The van der Waals surface area contributed by atoms with Crippen molar-refractivity contribution in [3.63, 3.8) is 0 Å². The maximum atomic E-state index is 12.6. The van der Waals surface area contributed by atoms with Gasteiger partial charge in [-0.05, 0) is 18.4 Å². The Morgan fingerprint density at radius 2 is 2.40 bits per heavy atom. The highest BCUT2D eigenvalue weighted by atomic mass is 32.2. The van der Waals surface area contributed by atoms with Gasteiger partial charge in [-0.3, -0.25) is 9.59 Å². The van der Waals surface area contributed by atoms with Crippen molar-refractivity contribution >= 4 is 35.4 Å². The summed E-state index contributed by atoms with van der Waals surface area (Å²) in [5.41, 5.74) is 0.558. The molecule has 0 radical (unpaired) electrons. The number of aliphatic carboxylic acids is 1. The van der Waals surface area contributed by atoms with Crippen molar-refractivity contribution in [1.29, 1.82) is 0 Å². The highest BCUT2D eigenvalue weighted by Gasteiger charge is 2.30. The molecule has 1 N–H and O–H groups in total. The average Bonchev–Trinajstić information content (AvgIpc) is 2.46. The molecule has 0 bridgehead atoms. The maximum Gasteiger partial charge on any atom is 0.305 e. The van der Waals surface area contributed by atoms with Gasteiger partial charge in [-0.2, -0.15) is 11.8 Å². The molecule has 20 heavy (non-hydrogen) atoms. The van der Waals surface area contributed by atoms with Crippen LogP contribution in [-0.4, -0.2) is 57.2 Å². The third-order valence-electron chi connectivity index (χ3n) is 3.09. The summed E-state index contributed by atoms with van der Waals surface area (Å²) >= 11 is 3.12. The number of carbonyl (C=O) groups is 2. The second kappa shape index (κ2) is 6.99. The lowest BCUT2D eigenvalue weighted by Gasteiger charge is -2.34. The van der Waals surface area contributed by atoms with E-state index in [2.05, 4.69) is 4.98 Å². The number of aromatic nitrogens is 1. The Balaban J connectivity index is 2.23. The van der Waals surface area contributed by atoms with Gasteiger partial charge in [0.25, 0.3) is 5.91 Å². The largest absolute Gasteiger partial charge is 0.481 e. The molecule has 0 saturated carbocycles. The number of carbonyl (C=O) groups excluding carboxylic acids is 1. The van der Waals surface area contributed by atoms with Crippen molar-refractivity contribution in [3.05, 3.63) is 23.9 Å². The zero-order valence-electron chi connectivity index (χ0n) is 11.1. The number of nitrogens with zero attached hydrogens (tertiary/aromatic N) is 2. The average molecular weight is 312 g/mol. The quantitative estimate of drug-likeness (QED) is 0.856. The first kappa shape index (κ1) is 15.2. The lowest BCUT2D eigenvalue weighted by molar-refractivity contribution is -0.138. The normalized spacial score (nSPS) is 18.9. The summed E-state index contributed by atoms with van der Waals surface area (Å²) in [4.78, 5) is 29.4.